The molecule has 0 radical (unpaired) electrons. The number of carboxylic acids is 1. The number of benzene rings is 1. The molecule has 0 spiro atoms. The van der Waals surface area contributed by atoms with Crippen molar-refractivity contribution in [3.05, 3.63) is 29.0 Å². The molecule has 1 aromatic carbocycles. The Morgan fingerprint density at radius 2 is 2.29 bits per heavy atom. The van der Waals surface area contributed by atoms with E-state index in [0.29, 0.717) is 12.2 Å². The molecule has 2 unspecified atom stereocenters. The van der Waals surface area contributed by atoms with Crippen LogP contribution < -0.4 is 5.32 Å². The van der Waals surface area contributed by atoms with Gasteiger partial charge in [-0.1, -0.05) is 18.5 Å². The minimum Gasteiger partial charge on any atom is -0.480 e. The first kappa shape index (κ1) is 15.9. The van der Waals surface area contributed by atoms with Crippen molar-refractivity contribution in [3.63, 3.8) is 0 Å². The molecule has 1 heterocycles. The Hall–Kier alpha value is -1.47. The van der Waals surface area contributed by atoms with Crippen LogP contribution in [0.5, 0.6) is 0 Å². The second-order valence-electron chi connectivity index (χ2n) is 4.52. The summed E-state index contributed by atoms with van der Waals surface area (Å²) in [5.41, 5.74) is 0.234. The van der Waals surface area contributed by atoms with Crippen molar-refractivity contribution in [2.24, 2.45) is 0 Å². The van der Waals surface area contributed by atoms with Crippen molar-refractivity contribution in [1.29, 1.82) is 0 Å². The van der Waals surface area contributed by atoms with Gasteiger partial charge in [0.1, 0.15) is 11.9 Å². The lowest BCUT2D eigenvalue weighted by Gasteiger charge is -2.26. The standard InChI is InChI=1S/C13H14ClFN2O3S/c1-2-11-17(10(6-21-11)12(18)19)13(20)16-7-3-4-8(14)9(15)5-7/h3-5,10-11H,2,6H2,1H3,(H,16,20)(H,18,19). The Labute approximate surface area is 130 Å². The maximum atomic E-state index is 13.4. The summed E-state index contributed by atoms with van der Waals surface area (Å²) in [4.78, 5) is 24.8. The fourth-order valence-corrected chi connectivity index (χ4v) is 3.57. The van der Waals surface area contributed by atoms with Crippen LogP contribution >= 0.6 is 23.4 Å². The molecule has 1 aromatic rings. The summed E-state index contributed by atoms with van der Waals surface area (Å²) in [5, 5.41) is 11.4. The molecule has 114 valence electrons. The molecule has 1 aliphatic rings. The summed E-state index contributed by atoms with van der Waals surface area (Å²) >= 11 is 7.00. The Morgan fingerprint density at radius 3 is 2.86 bits per heavy atom. The fourth-order valence-electron chi connectivity index (χ4n) is 2.10. The summed E-state index contributed by atoms with van der Waals surface area (Å²) in [6.07, 6.45) is 0.636. The van der Waals surface area contributed by atoms with Gasteiger partial charge in [-0.15, -0.1) is 11.8 Å². The van der Waals surface area contributed by atoms with Gasteiger partial charge in [0.25, 0.3) is 0 Å². The number of carbonyl (C=O) groups excluding carboxylic acids is 1. The van der Waals surface area contributed by atoms with Crippen LogP contribution in [0.15, 0.2) is 18.2 Å². The van der Waals surface area contributed by atoms with Crippen molar-refractivity contribution in [1.82, 2.24) is 4.90 Å². The number of hydrogen-bond acceptors (Lipinski definition) is 3. The van der Waals surface area contributed by atoms with E-state index in [1.165, 1.54) is 28.8 Å². The molecule has 2 amide bonds. The van der Waals surface area contributed by atoms with Gasteiger partial charge in [0.2, 0.25) is 0 Å². The number of urea groups is 1. The van der Waals surface area contributed by atoms with Gasteiger partial charge in [0.05, 0.1) is 10.4 Å². The van der Waals surface area contributed by atoms with Crippen LogP contribution in [0.4, 0.5) is 14.9 Å². The van der Waals surface area contributed by atoms with Crippen LogP contribution in [0.3, 0.4) is 0 Å². The number of hydrogen-bond donors (Lipinski definition) is 2. The van der Waals surface area contributed by atoms with E-state index in [1.54, 1.807) is 0 Å². The van der Waals surface area contributed by atoms with Gasteiger partial charge in [-0.25, -0.2) is 14.0 Å². The third-order valence-electron chi connectivity index (χ3n) is 3.13. The minimum atomic E-state index is -1.05. The van der Waals surface area contributed by atoms with Gasteiger partial charge >= 0.3 is 12.0 Å². The van der Waals surface area contributed by atoms with E-state index < -0.39 is 23.9 Å². The zero-order valence-corrected chi connectivity index (χ0v) is 12.7. The molecule has 0 saturated carbocycles. The van der Waals surface area contributed by atoms with E-state index in [9.17, 15) is 19.1 Å². The number of carboxylic acid groups (broad SMARTS) is 1. The second-order valence-corrected chi connectivity index (χ2v) is 6.13. The van der Waals surface area contributed by atoms with Crippen LogP contribution in [0.25, 0.3) is 0 Å². The number of thioether (sulfide) groups is 1. The fraction of sp³-hybridized carbons (Fsp3) is 0.385. The lowest BCUT2D eigenvalue weighted by molar-refractivity contribution is -0.141. The zero-order valence-electron chi connectivity index (χ0n) is 11.2. The predicted octanol–water partition coefficient (Wildman–Crippen LogP) is 3.25. The Morgan fingerprint density at radius 1 is 1.57 bits per heavy atom. The molecule has 21 heavy (non-hydrogen) atoms. The Bertz CT molecular complexity index is 572. The topological polar surface area (TPSA) is 69.6 Å². The van der Waals surface area contributed by atoms with Crippen molar-refractivity contribution in [2.45, 2.75) is 24.8 Å². The maximum absolute atomic E-state index is 13.4. The molecular formula is C13H14ClFN2O3S. The van der Waals surface area contributed by atoms with Gasteiger partial charge in [-0.2, -0.15) is 0 Å². The second kappa shape index (κ2) is 6.53. The van der Waals surface area contributed by atoms with Crippen LogP contribution in [0, 0.1) is 5.82 Å². The van der Waals surface area contributed by atoms with E-state index in [0.717, 1.165) is 6.07 Å². The number of aliphatic carboxylic acids is 1. The Kier molecular flexibility index (Phi) is 4.95. The molecule has 2 N–H and O–H groups in total. The monoisotopic (exact) mass is 332 g/mol. The zero-order chi connectivity index (χ0) is 15.6. The molecule has 8 heteroatoms. The maximum Gasteiger partial charge on any atom is 0.327 e. The summed E-state index contributed by atoms with van der Waals surface area (Å²) < 4.78 is 13.4. The lowest BCUT2D eigenvalue weighted by Crippen LogP contribution is -2.47. The largest absolute Gasteiger partial charge is 0.480 e. The molecule has 1 aliphatic heterocycles. The van der Waals surface area contributed by atoms with Gasteiger partial charge < -0.3 is 10.4 Å². The van der Waals surface area contributed by atoms with Gasteiger partial charge in [0.15, 0.2) is 0 Å². The van der Waals surface area contributed by atoms with Crippen molar-refractivity contribution < 1.29 is 19.1 Å². The van der Waals surface area contributed by atoms with E-state index in [1.807, 2.05) is 6.92 Å². The number of halogens is 2. The number of amides is 2. The quantitative estimate of drug-likeness (QED) is 0.891. The van der Waals surface area contributed by atoms with Crippen LogP contribution in [-0.2, 0) is 4.79 Å². The van der Waals surface area contributed by atoms with Crippen molar-refractivity contribution >= 4 is 41.1 Å². The average molecular weight is 333 g/mol. The third-order valence-corrected chi connectivity index (χ3v) is 4.89. The lowest BCUT2D eigenvalue weighted by atomic mass is 10.2. The SMILES string of the molecule is CCC1SCC(C(=O)O)N1C(=O)Nc1ccc(Cl)c(F)c1. The summed E-state index contributed by atoms with van der Waals surface area (Å²) in [6.45, 7) is 1.88. The first-order valence-corrected chi connectivity index (χ1v) is 7.75. The van der Waals surface area contributed by atoms with Crippen LogP contribution in [0.1, 0.15) is 13.3 Å². The molecule has 1 fully saturated rings. The van der Waals surface area contributed by atoms with Crippen molar-refractivity contribution in [2.75, 3.05) is 11.1 Å². The molecule has 2 atom stereocenters. The number of nitrogens with zero attached hydrogens (tertiary/aromatic N) is 1. The highest BCUT2D eigenvalue weighted by atomic mass is 35.5. The molecule has 0 bridgehead atoms. The summed E-state index contributed by atoms with van der Waals surface area (Å²) in [7, 11) is 0. The molecule has 1 saturated heterocycles. The van der Waals surface area contributed by atoms with Crippen molar-refractivity contribution in [3.8, 4) is 0 Å². The van der Waals surface area contributed by atoms with E-state index in [2.05, 4.69) is 5.32 Å². The van der Waals surface area contributed by atoms with E-state index in [-0.39, 0.29) is 16.1 Å². The van der Waals surface area contributed by atoms with Gasteiger partial charge in [-0.3, -0.25) is 4.90 Å². The number of rotatable bonds is 3. The molecule has 2 rings (SSSR count). The predicted molar refractivity (Wildman–Crippen MR) is 80.2 cm³/mol. The molecular weight excluding hydrogens is 319 g/mol. The highest BCUT2D eigenvalue weighted by Gasteiger charge is 2.40. The highest BCUT2D eigenvalue weighted by Crippen LogP contribution is 2.32. The smallest absolute Gasteiger partial charge is 0.327 e. The summed E-state index contributed by atoms with van der Waals surface area (Å²) in [6, 6.07) is 2.46. The van der Waals surface area contributed by atoms with E-state index in [4.69, 9.17) is 11.6 Å². The van der Waals surface area contributed by atoms with E-state index >= 15 is 0 Å². The Balaban J connectivity index is 2.16. The number of anilines is 1. The summed E-state index contributed by atoms with van der Waals surface area (Å²) in [5.74, 6) is -1.35. The highest BCUT2D eigenvalue weighted by molar-refractivity contribution is 8.00. The molecule has 5 nitrogen and oxygen atoms in total. The van der Waals surface area contributed by atoms with Crippen LogP contribution in [0.2, 0.25) is 5.02 Å². The minimum absolute atomic E-state index is 0.0421. The first-order chi connectivity index (χ1) is 9.93. The molecule has 0 aromatic heterocycles. The van der Waals surface area contributed by atoms with Gasteiger partial charge in [0, 0.05) is 11.4 Å². The average Bonchev–Trinajstić information content (AvgIpc) is 2.87. The normalized spacial score (nSPS) is 21.4. The number of nitrogens with one attached hydrogen (secondary N) is 1. The molecule has 0 aliphatic carbocycles. The van der Waals surface area contributed by atoms with Gasteiger partial charge in [-0.05, 0) is 24.6 Å². The third kappa shape index (κ3) is 3.41. The number of carbonyl (C=O) groups is 2. The van der Waals surface area contributed by atoms with Crippen LogP contribution in [-0.4, -0.2) is 39.2 Å². The first-order valence-electron chi connectivity index (χ1n) is 6.32.